The topological polar surface area (TPSA) is 56.3 Å². The van der Waals surface area contributed by atoms with Crippen LogP contribution in [0.3, 0.4) is 0 Å². The zero-order valence-corrected chi connectivity index (χ0v) is 25.3. The van der Waals surface area contributed by atoms with Crippen LogP contribution in [-0.4, -0.2) is 0 Å². The zero-order valence-electron chi connectivity index (χ0n) is 25.3. The summed E-state index contributed by atoms with van der Waals surface area (Å²) >= 11 is 0. The van der Waals surface area contributed by atoms with Gasteiger partial charge in [0.2, 0.25) is 0 Å². The highest BCUT2D eigenvalue weighted by molar-refractivity contribution is 6.11. The standard InChI is InChI=1S/C40H16F6N4/c1-49-35(19-47)37-31-15-23(21-5-3-7-25(13-21)39(41,42)43)9-11-27(31)29-18-34-30(17-33(29)37)28-12-10-24(16-32(28)38(34)36(20-48)50-2)22-6-4-8-26(14-22)40(44,45)46/h3-18H/b37-35-,38-36+. The van der Waals surface area contributed by atoms with Gasteiger partial charge in [-0.1, -0.05) is 48.5 Å². The van der Waals surface area contributed by atoms with Gasteiger partial charge < -0.3 is 0 Å². The number of halogens is 6. The van der Waals surface area contributed by atoms with E-state index in [1.54, 1.807) is 48.5 Å². The number of nitrogens with zero attached hydrogens (tertiary/aromatic N) is 4. The summed E-state index contributed by atoms with van der Waals surface area (Å²) in [6.45, 7) is 15.5. The van der Waals surface area contributed by atoms with E-state index in [2.05, 4.69) is 9.69 Å². The Kier molecular flexibility index (Phi) is 7.21. The van der Waals surface area contributed by atoms with E-state index < -0.39 is 23.5 Å². The van der Waals surface area contributed by atoms with Crippen molar-refractivity contribution in [2.75, 3.05) is 0 Å². The molecule has 10 heteroatoms. The second-order valence-electron chi connectivity index (χ2n) is 11.5. The van der Waals surface area contributed by atoms with Gasteiger partial charge in [0.05, 0.1) is 36.4 Å². The van der Waals surface area contributed by atoms with Gasteiger partial charge in [0.15, 0.2) is 0 Å². The summed E-state index contributed by atoms with van der Waals surface area (Å²) in [6, 6.07) is 27.0. The minimum Gasteiger partial charge on any atom is -0.226 e. The van der Waals surface area contributed by atoms with Gasteiger partial charge in [-0.05, 0) is 115 Å². The molecule has 238 valence electrons. The van der Waals surface area contributed by atoms with Crippen molar-refractivity contribution >= 4 is 11.1 Å². The summed E-state index contributed by atoms with van der Waals surface area (Å²) in [7, 11) is 0. The first-order valence-corrected chi connectivity index (χ1v) is 14.7. The van der Waals surface area contributed by atoms with Crippen molar-refractivity contribution in [3.63, 3.8) is 0 Å². The number of alkyl halides is 6. The molecule has 5 aromatic carbocycles. The van der Waals surface area contributed by atoms with E-state index in [9.17, 15) is 36.9 Å². The van der Waals surface area contributed by atoms with E-state index in [0.29, 0.717) is 55.6 Å². The Morgan fingerprint density at radius 1 is 0.460 bits per heavy atom. The van der Waals surface area contributed by atoms with Crippen molar-refractivity contribution < 1.29 is 26.3 Å². The minimum atomic E-state index is -4.56. The van der Waals surface area contributed by atoms with Crippen LogP contribution in [0.1, 0.15) is 33.4 Å². The molecule has 0 aliphatic heterocycles. The molecule has 0 heterocycles. The Balaban J connectivity index is 1.44. The van der Waals surface area contributed by atoms with Gasteiger partial charge in [-0.3, -0.25) is 0 Å². The van der Waals surface area contributed by atoms with Gasteiger partial charge in [-0.2, -0.15) is 26.3 Å². The average Bonchev–Trinajstić information content (AvgIpc) is 3.59. The summed E-state index contributed by atoms with van der Waals surface area (Å²) in [6.07, 6.45) is -9.12. The molecular formula is C40H16F6N4. The van der Waals surface area contributed by atoms with Crippen LogP contribution in [0.4, 0.5) is 26.3 Å². The second-order valence-corrected chi connectivity index (χ2v) is 11.5. The molecule has 5 aromatic rings. The number of allylic oxidation sites excluding steroid dienone is 2. The Labute approximate surface area is 281 Å². The highest BCUT2D eigenvalue weighted by Crippen LogP contribution is 2.54. The summed E-state index contributed by atoms with van der Waals surface area (Å²) in [5.41, 5.74) is 4.14. The molecule has 0 aromatic heterocycles. The van der Waals surface area contributed by atoms with Crippen molar-refractivity contribution in [2.45, 2.75) is 12.4 Å². The number of fused-ring (bicyclic) bond motifs is 6. The molecule has 0 N–H and O–H groups in total. The molecule has 0 bridgehead atoms. The zero-order chi connectivity index (χ0) is 35.5. The van der Waals surface area contributed by atoms with Crippen molar-refractivity contribution in [1.29, 1.82) is 10.5 Å². The number of nitriles is 2. The predicted octanol–water partition coefficient (Wildman–Crippen LogP) is 11.4. The fraction of sp³-hybridized carbons (Fsp3) is 0.0500. The van der Waals surface area contributed by atoms with E-state index in [1.807, 2.05) is 12.1 Å². The minimum absolute atomic E-state index is 0.237. The van der Waals surface area contributed by atoms with Crippen molar-refractivity contribution in [2.24, 2.45) is 0 Å². The Morgan fingerprint density at radius 3 is 1.16 bits per heavy atom. The first-order chi connectivity index (χ1) is 23.9. The van der Waals surface area contributed by atoms with Gasteiger partial charge in [-0.25, -0.2) is 20.2 Å². The monoisotopic (exact) mass is 666 g/mol. The van der Waals surface area contributed by atoms with Crippen molar-refractivity contribution in [3.8, 4) is 56.6 Å². The lowest BCUT2D eigenvalue weighted by molar-refractivity contribution is -0.138. The molecule has 4 nitrogen and oxygen atoms in total. The fourth-order valence-electron chi connectivity index (χ4n) is 6.61. The van der Waals surface area contributed by atoms with Crippen LogP contribution in [0.2, 0.25) is 0 Å². The first kappa shape index (κ1) is 31.7. The third-order valence-electron chi connectivity index (χ3n) is 8.81. The molecule has 0 atom stereocenters. The average molecular weight is 667 g/mol. The summed E-state index contributed by atoms with van der Waals surface area (Å²) in [5, 5.41) is 20.0. The molecule has 0 spiro atoms. The molecule has 2 aliphatic rings. The summed E-state index contributed by atoms with van der Waals surface area (Å²) in [5.74, 6) is 0. The first-order valence-electron chi connectivity index (χ1n) is 14.7. The van der Waals surface area contributed by atoms with Crippen molar-refractivity contribution in [1.82, 2.24) is 0 Å². The van der Waals surface area contributed by atoms with Crippen molar-refractivity contribution in [3.05, 3.63) is 165 Å². The lowest BCUT2D eigenvalue weighted by Crippen LogP contribution is -2.04. The van der Waals surface area contributed by atoms with E-state index in [4.69, 9.17) is 13.1 Å². The van der Waals surface area contributed by atoms with Gasteiger partial charge >= 0.3 is 12.4 Å². The summed E-state index contributed by atoms with van der Waals surface area (Å²) < 4.78 is 81.1. The lowest BCUT2D eigenvalue weighted by atomic mass is 9.95. The maximum atomic E-state index is 13.5. The maximum Gasteiger partial charge on any atom is 0.416 e. The molecule has 7 rings (SSSR count). The lowest BCUT2D eigenvalue weighted by Gasteiger charge is -2.11. The molecule has 0 amide bonds. The Hall–Kier alpha value is -6.88. The third kappa shape index (κ3) is 4.99. The number of hydrogen-bond donors (Lipinski definition) is 0. The maximum absolute atomic E-state index is 13.5. The van der Waals surface area contributed by atoms with Gasteiger partial charge in [-0.15, -0.1) is 0 Å². The quantitative estimate of drug-likeness (QED) is 0.105. The normalized spacial score (nSPS) is 14.6. The van der Waals surface area contributed by atoms with Crippen LogP contribution in [0, 0.1) is 35.8 Å². The van der Waals surface area contributed by atoms with Gasteiger partial charge in [0.25, 0.3) is 11.4 Å². The van der Waals surface area contributed by atoms with Gasteiger partial charge in [0.1, 0.15) is 0 Å². The fourth-order valence-corrected chi connectivity index (χ4v) is 6.61. The molecule has 2 aliphatic carbocycles. The van der Waals surface area contributed by atoms with Crippen LogP contribution >= 0.6 is 0 Å². The van der Waals surface area contributed by atoms with E-state index >= 15 is 0 Å². The summed E-state index contributed by atoms with van der Waals surface area (Å²) in [4.78, 5) is 6.92. The van der Waals surface area contributed by atoms with Crippen LogP contribution in [0.5, 0.6) is 0 Å². The number of rotatable bonds is 2. The highest BCUT2D eigenvalue weighted by atomic mass is 19.4. The number of hydrogen-bond acceptors (Lipinski definition) is 2. The van der Waals surface area contributed by atoms with E-state index in [1.165, 1.54) is 24.3 Å². The molecule has 0 fully saturated rings. The molecule has 0 unspecified atom stereocenters. The van der Waals surface area contributed by atoms with Crippen LogP contribution in [0.25, 0.3) is 65.3 Å². The smallest absolute Gasteiger partial charge is 0.226 e. The molecule has 0 saturated heterocycles. The molecule has 50 heavy (non-hydrogen) atoms. The predicted molar refractivity (Wildman–Crippen MR) is 175 cm³/mol. The Bertz CT molecular complexity index is 2350. The number of benzene rings is 5. The SMILES string of the molecule is [C-]#[N+]/C(C#N)=C1/c2cc(-c3cccc(C(F)(F)F)c3)ccc2-c2cc3c(cc21)-c1ccc(-c2cccc(C(F)(F)F)c2)cc1/C3=C(/C#N)[N+]#[C-]. The Morgan fingerprint density at radius 2 is 0.820 bits per heavy atom. The van der Waals surface area contributed by atoms with Crippen LogP contribution < -0.4 is 0 Å². The third-order valence-corrected chi connectivity index (χ3v) is 8.81. The molecule has 0 radical (unpaired) electrons. The molecular weight excluding hydrogens is 650 g/mol. The highest BCUT2D eigenvalue weighted by Gasteiger charge is 2.35. The van der Waals surface area contributed by atoms with E-state index in [-0.39, 0.29) is 33.7 Å². The molecule has 0 saturated carbocycles. The van der Waals surface area contributed by atoms with E-state index in [0.717, 1.165) is 24.3 Å². The van der Waals surface area contributed by atoms with Gasteiger partial charge in [0, 0.05) is 11.1 Å². The largest absolute Gasteiger partial charge is 0.416 e. The van der Waals surface area contributed by atoms with Crippen LogP contribution in [0.15, 0.2) is 108 Å². The second kappa shape index (κ2) is 11.4. The van der Waals surface area contributed by atoms with Crippen LogP contribution in [-0.2, 0) is 12.4 Å².